The van der Waals surface area contributed by atoms with Gasteiger partial charge in [0.2, 0.25) is 0 Å². The number of halogens is 1. The highest BCUT2D eigenvalue weighted by Gasteiger charge is 2.30. The number of rotatable bonds is 5. The lowest BCUT2D eigenvalue weighted by atomic mass is 10.0. The Morgan fingerprint density at radius 2 is 1.97 bits per heavy atom. The van der Waals surface area contributed by atoms with Gasteiger partial charge in [0.05, 0.1) is 5.69 Å². The maximum atomic E-state index is 13.5. The van der Waals surface area contributed by atoms with E-state index in [0.29, 0.717) is 47.1 Å². The summed E-state index contributed by atoms with van der Waals surface area (Å²) in [7, 11) is 1.45. The van der Waals surface area contributed by atoms with Crippen LogP contribution in [-0.2, 0) is 18.2 Å². The fourth-order valence-corrected chi connectivity index (χ4v) is 5.02. The number of carboxylic acid groups (broad SMARTS) is 1. The van der Waals surface area contributed by atoms with Crippen molar-refractivity contribution in [3.8, 4) is 0 Å². The van der Waals surface area contributed by atoms with E-state index in [2.05, 4.69) is 5.32 Å². The average Bonchev–Trinajstić information content (AvgIpc) is 3.17. The van der Waals surface area contributed by atoms with Crippen LogP contribution < -0.4 is 15.8 Å². The number of nitrogens with one attached hydrogen (secondary N) is 1. The van der Waals surface area contributed by atoms with Gasteiger partial charge < -0.3 is 24.6 Å². The minimum atomic E-state index is -1.21. The number of nitrogens with zero attached hydrogens (tertiary/aromatic N) is 4. The summed E-state index contributed by atoms with van der Waals surface area (Å²) < 4.78 is 8.00. The molecule has 0 aliphatic carbocycles. The number of carboxylic acids is 1. The van der Waals surface area contributed by atoms with Gasteiger partial charge >= 0.3 is 12.1 Å². The largest absolute Gasteiger partial charge is 0.477 e. The van der Waals surface area contributed by atoms with E-state index in [-0.39, 0.29) is 11.7 Å². The standard InChI is InChI=1S/C26H32ClN5O5/c1-15-20(24(34)35)30(5)23(33)21-18(13-16-9-6-7-11-19(16)27)22(29-32(15)21)31-12-8-10-17(14-31)28-25(36)37-26(2,3)4/h6-7,9,11,17H,8,10,12-14H2,1-5H3,(H,28,36)(H,34,35)/t17-/m1/s1. The molecule has 37 heavy (non-hydrogen) atoms. The number of hydrogen-bond donors (Lipinski definition) is 2. The van der Waals surface area contributed by atoms with Crippen molar-refractivity contribution in [1.82, 2.24) is 19.5 Å². The van der Waals surface area contributed by atoms with Crippen LogP contribution in [0, 0.1) is 6.92 Å². The lowest BCUT2D eigenvalue weighted by Crippen LogP contribution is -2.49. The van der Waals surface area contributed by atoms with Crippen molar-refractivity contribution in [2.45, 2.75) is 58.6 Å². The Hall–Kier alpha value is -3.53. The van der Waals surface area contributed by atoms with Gasteiger partial charge in [0.1, 0.15) is 11.1 Å². The molecule has 2 aromatic heterocycles. The molecule has 11 heteroatoms. The molecule has 0 spiro atoms. The smallest absolute Gasteiger partial charge is 0.407 e. The van der Waals surface area contributed by atoms with Gasteiger partial charge in [0.25, 0.3) is 5.56 Å². The van der Waals surface area contributed by atoms with Gasteiger partial charge in [-0.05, 0) is 52.2 Å². The van der Waals surface area contributed by atoms with E-state index in [1.54, 1.807) is 13.0 Å². The average molecular weight is 530 g/mol. The Bertz CT molecular complexity index is 1420. The second-order valence-electron chi connectivity index (χ2n) is 10.4. The predicted molar refractivity (Wildman–Crippen MR) is 141 cm³/mol. The fourth-order valence-electron chi connectivity index (χ4n) is 4.81. The molecule has 10 nitrogen and oxygen atoms in total. The highest BCUT2D eigenvalue weighted by atomic mass is 35.5. The zero-order valence-corrected chi connectivity index (χ0v) is 22.4. The predicted octanol–water partition coefficient (Wildman–Crippen LogP) is 3.78. The molecule has 3 heterocycles. The van der Waals surface area contributed by atoms with Crippen LogP contribution >= 0.6 is 11.6 Å². The number of hydrogen-bond acceptors (Lipinski definition) is 6. The molecule has 0 unspecified atom stereocenters. The summed E-state index contributed by atoms with van der Waals surface area (Å²) in [4.78, 5) is 39.8. The van der Waals surface area contributed by atoms with E-state index < -0.39 is 23.2 Å². The Labute approximate surface area is 219 Å². The normalized spacial score (nSPS) is 16.2. The summed E-state index contributed by atoms with van der Waals surface area (Å²) in [5, 5.41) is 18.0. The fraction of sp³-hybridized carbons (Fsp3) is 0.462. The number of piperidine rings is 1. The van der Waals surface area contributed by atoms with E-state index in [1.807, 2.05) is 43.9 Å². The number of alkyl carbamates (subject to hydrolysis) is 1. The molecule has 2 N–H and O–H groups in total. The first kappa shape index (κ1) is 26.5. The highest BCUT2D eigenvalue weighted by Crippen LogP contribution is 2.31. The minimum Gasteiger partial charge on any atom is -0.477 e. The lowest BCUT2D eigenvalue weighted by molar-refractivity contribution is 0.0499. The zero-order chi connectivity index (χ0) is 27.1. The van der Waals surface area contributed by atoms with Crippen LogP contribution in [0.5, 0.6) is 0 Å². The molecule has 1 saturated heterocycles. The Morgan fingerprint density at radius 1 is 1.27 bits per heavy atom. The molecule has 0 bridgehead atoms. The van der Waals surface area contributed by atoms with Gasteiger partial charge in [-0.2, -0.15) is 0 Å². The van der Waals surface area contributed by atoms with Crippen molar-refractivity contribution in [3.05, 3.63) is 62.2 Å². The number of carbonyl (C=O) groups excluding carboxylic acids is 1. The van der Waals surface area contributed by atoms with Gasteiger partial charge in [-0.15, -0.1) is 5.10 Å². The third-order valence-electron chi connectivity index (χ3n) is 6.43. The molecule has 1 aromatic carbocycles. The van der Waals surface area contributed by atoms with E-state index in [4.69, 9.17) is 21.4 Å². The molecular weight excluding hydrogens is 498 g/mol. The van der Waals surface area contributed by atoms with Crippen LogP contribution in [0.15, 0.2) is 29.1 Å². The third kappa shape index (κ3) is 5.44. The van der Waals surface area contributed by atoms with Gasteiger partial charge in [-0.3, -0.25) is 4.79 Å². The summed E-state index contributed by atoms with van der Waals surface area (Å²) in [6, 6.07) is 7.21. The van der Waals surface area contributed by atoms with Gasteiger partial charge in [-0.1, -0.05) is 29.8 Å². The molecule has 1 fully saturated rings. The molecule has 1 aliphatic heterocycles. The number of aryl methyl sites for hydroxylation is 1. The van der Waals surface area contributed by atoms with Crippen LogP contribution in [0.4, 0.5) is 10.6 Å². The first-order chi connectivity index (χ1) is 17.4. The van der Waals surface area contributed by atoms with Gasteiger partial charge in [0.15, 0.2) is 11.5 Å². The second-order valence-corrected chi connectivity index (χ2v) is 10.8. The van der Waals surface area contributed by atoms with Crippen molar-refractivity contribution in [1.29, 1.82) is 0 Å². The van der Waals surface area contributed by atoms with Crippen molar-refractivity contribution in [2.75, 3.05) is 18.0 Å². The number of aromatic nitrogens is 3. The van der Waals surface area contributed by atoms with Gasteiger partial charge in [-0.25, -0.2) is 14.1 Å². The molecule has 1 atom stereocenters. The molecule has 198 valence electrons. The first-order valence-electron chi connectivity index (χ1n) is 12.2. The van der Waals surface area contributed by atoms with Crippen LogP contribution in [0.25, 0.3) is 5.52 Å². The number of anilines is 1. The minimum absolute atomic E-state index is 0.126. The van der Waals surface area contributed by atoms with E-state index in [0.717, 1.165) is 23.0 Å². The van der Waals surface area contributed by atoms with Crippen molar-refractivity contribution in [3.63, 3.8) is 0 Å². The molecule has 0 radical (unpaired) electrons. The Morgan fingerprint density at radius 3 is 2.62 bits per heavy atom. The maximum absolute atomic E-state index is 13.5. The molecule has 4 rings (SSSR count). The summed E-state index contributed by atoms with van der Waals surface area (Å²) in [6.45, 7) is 8.19. The summed E-state index contributed by atoms with van der Waals surface area (Å²) >= 11 is 6.47. The number of benzene rings is 1. The molecule has 1 aliphatic rings. The van der Waals surface area contributed by atoms with E-state index in [1.165, 1.54) is 11.6 Å². The van der Waals surface area contributed by atoms with Crippen molar-refractivity contribution in [2.24, 2.45) is 7.05 Å². The van der Waals surface area contributed by atoms with Crippen LogP contribution in [0.3, 0.4) is 0 Å². The summed E-state index contributed by atoms with van der Waals surface area (Å²) in [5.41, 5.74) is 0.943. The molecular formula is C26H32ClN5O5. The molecule has 3 aromatic rings. The SMILES string of the molecule is Cc1c(C(=O)O)n(C)c(=O)c2c(Cc3ccccc3Cl)c(N3CCC[C@@H](NC(=O)OC(C)(C)C)C3)nn12. The first-order valence-corrected chi connectivity index (χ1v) is 12.6. The van der Waals surface area contributed by atoms with E-state index >= 15 is 0 Å². The van der Waals surface area contributed by atoms with Crippen LogP contribution in [-0.4, -0.2) is 56.1 Å². The lowest BCUT2D eigenvalue weighted by Gasteiger charge is -2.34. The number of amides is 1. The van der Waals surface area contributed by atoms with Crippen LogP contribution in [0.2, 0.25) is 5.02 Å². The highest BCUT2D eigenvalue weighted by molar-refractivity contribution is 6.31. The van der Waals surface area contributed by atoms with Crippen molar-refractivity contribution < 1.29 is 19.4 Å². The number of aromatic carboxylic acids is 1. The Balaban J connectivity index is 1.80. The monoisotopic (exact) mass is 529 g/mol. The second kappa shape index (κ2) is 10.1. The molecule has 0 saturated carbocycles. The topological polar surface area (TPSA) is 118 Å². The number of carbonyl (C=O) groups is 2. The number of fused-ring (bicyclic) bond motifs is 1. The zero-order valence-electron chi connectivity index (χ0n) is 21.7. The number of ether oxygens (including phenoxy) is 1. The van der Waals surface area contributed by atoms with Crippen LogP contribution in [0.1, 0.15) is 60.9 Å². The summed E-state index contributed by atoms with van der Waals surface area (Å²) in [6.07, 6.45) is 1.41. The van der Waals surface area contributed by atoms with Crippen molar-refractivity contribution >= 4 is 35.0 Å². The summed E-state index contributed by atoms with van der Waals surface area (Å²) in [5.74, 6) is -0.637. The third-order valence-corrected chi connectivity index (χ3v) is 6.80. The Kier molecular flexibility index (Phi) is 7.23. The van der Waals surface area contributed by atoms with E-state index in [9.17, 15) is 19.5 Å². The maximum Gasteiger partial charge on any atom is 0.407 e. The van der Waals surface area contributed by atoms with Gasteiger partial charge in [0, 0.05) is 43.2 Å². The molecule has 1 amide bonds. The quantitative estimate of drug-likeness (QED) is 0.516.